The number of nitrogens with zero attached hydrogens (tertiary/aromatic N) is 1. The Bertz CT molecular complexity index is 440. The summed E-state index contributed by atoms with van der Waals surface area (Å²) in [6.07, 6.45) is 0. The first kappa shape index (κ1) is 7.70. The third-order valence-corrected chi connectivity index (χ3v) is 2.67. The van der Waals surface area contributed by atoms with E-state index in [2.05, 4.69) is 10.2 Å². The summed E-state index contributed by atoms with van der Waals surface area (Å²) in [6, 6.07) is 2.02. The lowest BCUT2D eigenvalue weighted by atomic mass is 10.3. The lowest BCUT2D eigenvalue weighted by molar-refractivity contribution is 0.553. The zero-order chi connectivity index (χ0) is 8.55. The fourth-order valence-corrected chi connectivity index (χ4v) is 1.89. The third kappa shape index (κ3) is 1.21. The second-order valence-corrected chi connectivity index (χ2v) is 3.64. The van der Waals surface area contributed by atoms with Crippen LogP contribution in [-0.4, -0.2) is 10.2 Å². The monoisotopic (exact) mass is 198 g/mol. The van der Waals surface area contributed by atoms with Gasteiger partial charge in [0.05, 0.1) is 4.88 Å². The molecule has 0 atom stereocenters. The highest BCUT2D eigenvalue weighted by molar-refractivity contribution is 7.71. The average Bonchev–Trinajstić information content (AvgIpc) is 2.58. The molecule has 0 spiro atoms. The zero-order valence-corrected chi connectivity index (χ0v) is 7.96. The summed E-state index contributed by atoms with van der Waals surface area (Å²) >= 11 is 6.36. The molecule has 0 aromatic carbocycles. The number of aryl methyl sites for hydroxylation is 1. The topological polar surface area (TPSA) is 41.8 Å². The molecule has 1 N–H and O–H groups in total. The Kier molecular flexibility index (Phi) is 1.82. The van der Waals surface area contributed by atoms with E-state index in [0.29, 0.717) is 10.7 Å². The fourth-order valence-electron chi connectivity index (χ4n) is 0.919. The maximum absolute atomic E-state index is 5.17. The molecule has 0 bridgehead atoms. The second kappa shape index (κ2) is 2.84. The molecule has 62 valence electrons. The molecular formula is C7H6N2OS2. The largest absolute Gasteiger partial charge is 0.408 e. The van der Waals surface area contributed by atoms with Crippen LogP contribution in [0.5, 0.6) is 0 Å². The summed E-state index contributed by atoms with van der Waals surface area (Å²) in [5, 5.41) is 8.52. The number of hydrogen-bond donors (Lipinski definition) is 1. The average molecular weight is 198 g/mol. The standard InChI is InChI=1S/C7H6N2OS2/c1-4-2-3-12-5(4)6-8-9-7(11)10-6/h2-3H,1H3,(H,9,11). The van der Waals surface area contributed by atoms with Gasteiger partial charge in [-0.05, 0) is 36.2 Å². The molecule has 0 amide bonds. The van der Waals surface area contributed by atoms with Crippen molar-refractivity contribution in [3.8, 4) is 10.8 Å². The smallest absolute Gasteiger partial charge is 0.284 e. The van der Waals surface area contributed by atoms with E-state index >= 15 is 0 Å². The highest BCUT2D eigenvalue weighted by atomic mass is 32.1. The SMILES string of the molecule is Cc1ccsc1-c1n[nH]c(=S)o1. The van der Waals surface area contributed by atoms with Crippen LogP contribution in [0.3, 0.4) is 0 Å². The van der Waals surface area contributed by atoms with Crippen LogP contribution in [0.2, 0.25) is 0 Å². The van der Waals surface area contributed by atoms with Gasteiger partial charge in [0.2, 0.25) is 0 Å². The lowest BCUT2D eigenvalue weighted by Crippen LogP contribution is -1.74. The van der Waals surface area contributed by atoms with Gasteiger partial charge in [0.15, 0.2) is 0 Å². The van der Waals surface area contributed by atoms with Gasteiger partial charge in [-0.2, -0.15) is 0 Å². The van der Waals surface area contributed by atoms with E-state index in [9.17, 15) is 0 Å². The van der Waals surface area contributed by atoms with E-state index in [-0.39, 0.29) is 0 Å². The van der Waals surface area contributed by atoms with E-state index in [1.54, 1.807) is 11.3 Å². The molecule has 0 aliphatic carbocycles. The highest BCUT2D eigenvalue weighted by Gasteiger charge is 2.07. The van der Waals surface area contributed by atoms with Gasteiger partial charge in [-0.15, -0.1) is 16.4 Å². The highest BCUT2D eigenvalue weighted by Crippen LogP contribution is 2.26. The Morgan fingerprint density at radius 1 is 1.67 bits per heavy atom. The number of thiophene rings is 1. The van der Waals surface area contributed by atoms with Crippen molar-refractivity contribution < 1.29 is 4.42 Å². The van der Waals surface area contributed by atoms with Gasteiger partial charge >= 0.3 is 0 Å². The first-order chi connectivity index (χ1) is 5.77. The zero-order valence-electron chi connectivity index (χ0n) is 6.33. The normalized spacial score (nSPS) is 10.4. The molecule has 0 aliphatic heterocycles. The number of H-pyrrole nitrogens is 1. The number of nitrogens with one attached hydrogen (secondary N) is 1. The van der Waals surface area contributed by atoms with Crippen LogP contribution in [0, 0.1) is 11.8 Å². The van der Waals surface area contributed by atoms with Crippen molar-refractivity contribution in [1.82, 2.24) is 10.2 Å². The summed E-state index contributed by atoms with van der Waals surface area (Å²) < 4.78 is 5.17. The maximum Gasteiger partial charge on any atom is 0.284 e. The maximum atomic E-state index is 5.17. The van der Waals surface area contributed by atoms with Crippen LogP contribution in [0.25, 0.3) is 10.8 Å². The van der Waals surface area contributed by atoms with Crippen LogP contribution in [0.1, 0.15) is 5.56 Å². The van der Waals surface area contributed by atoms with E-state index in [1.807, 2.05) is 18.4 Å². The van der Waals surface area contributed by atoms with Crippen LogP contribution in [0.4, 0.5) is 0 Å². The molecular weight excluding hydrogens is 192 g/mol. The van der Waals surface area contributed by atoms with Crippen LogP contribution in [0.15, 0.2) is 15.9 Å². The van der Waals surface area contributed by atoms with Gasteiger partial charge in [-0.1, -0.05) is 0 Å². The molecule has 2 heterocycles. The van der Waals surface area contributed by atoms with Crippen molar-refractivity contribution in [2.75, 3.05) is 0 Å². The Labute approximate surface area is 78.1 Å². The molecule has 0 radical (unpaired) electrons. The molecule has 3 nitrogen and oxygen atoms in total. The second-order valence-electron chi connectivity index (χ2n) is 2.35. The summed E-state index contributed by atoms with van der Waals surface area (Å²) in [6.45, 7) is 2.01. The minimum Gasteiger partial charge on any atom is -0.408 e. The van der Waals surface area contributed by atoms with Crippen molar-refractivity contribution in [2.24, 2.45) is 0 Å². The first-order valence-electron chi connectivity index (χ1n) is 3.37. The van der Waals surface area contributed by atoms with Crippen LogP contribution in [-0.2, 0) is 0 Å². The van der Waals surface area contributed by atoms with Crippen molar-refractivity contribution in [3.63, 3.8) is 0 Å². The van der Waals surface area contributed by atoms with Crippen molar-refractivity contribution in [1.29, 1.82) is 0 Å². The Morgan fingerprint density at radius 3 is 3.00 bits per heavy atom. The molecule has 0 saturated carbocycles. The number of aromatic amines is 1. The third-order valence-electron chi connectivity index (χ3n) is 1.49. The molecule has 2 aromatic heterocycles. The predicted octanol–water partition coefficient (Wildman–Crippen LogP) is 2.77. The summed E-state index contributed by atoms with van der Waals surface area (Å²) in [5.41, 5.74) is 1.16. The summed E-state index contributed by atoms with van der Waals surface area (Å²) in [7, 11) is 0. The fraction of sp³-hybridized carbons (Fsp3) is 0.143. The van der Waals surface area contributed by atoms with E-state index in [4.69, 9.17) is 16.6 Å². The Balaban J connectivity index is 2.57. The number of rotatable bonds is 1. The molecule has 5 heteroatoms. The molecule has 12 heavy (non-hydrogen) atoms. The molecule has 0 saturated heterocycles. The Hall–Kier alpha value is -0.940. The minimum absolute atomic E-state index is 0.317. The van der Waals surface area contributed by atoms with Crippen LogP contribution >= 0.6 is 23.6 Å². The molecule has 0 fully saturated rings. The van der Waals surface area contributed by atoms with E-state index < -0.39 is 0 Å². The Morgan fingerprint density at radius 2 is 2.50 bits per heavy atom. The molecule has 0 aliphatic rings. The van der Waals surface area contributed by atoms with Gasteiger partial charge in [-0.25, -0.2) is 5.10 Å². The predicted molar refractivity (Wildman–Crippen MR) is 49.7 cm³/mol. The summed E-state index contributed by atoms with van der Waals surface area (Å²) in [4.78, 5) is 1.35. The van der Waals surface area contributed by atoms with Gasteiger partial charge in [0.25, 0.3) is 10.7 Å². The first-order valence-corrected chi connectivity index (χ1v) is 4.66. The number of aromatic nitrogens is 2. The van der Waals surface area contributed by atoms with E-state index in [0.717, 1.165) is 10.4 Å². The molecule has 2 aromatic rings. The van der Waals surface area contributed by atoms with Crippen molar-refractivity contribution in [2.45, 2.75) is 6.92 Å². The van der Waals surface area contributed by atoms with Gasteiger partial charge in [0.1, 0.15) is 0 Å². The number of hydrogen-bond acceptors (Lipinski definition) is 4. The van der Waals surface area contributed by atoms with Crippen molar-refractivity contribution in [3.05, 3.63) is 21.8 Å². The van der Waals surface area contributed by atoms with Gasteiger partial charge in [-0.3, -0.25) is 0 Å². The van der Waals surface area contributed by atoms with E-state index in [1.165, 1.54) is 0 Å². The van der Waals surface area contributed by atoms with Crippen molar-refractivity contribution >= 4 is 23.6 Å². The molecule has 0 unspecified atom stereocenters. The van der Waals surface area contributed by atoms with Gasteiger partial charge in [0, 0.05) is 0 Å². The van der Waals surface area contributed by atoms with Crippen LogP contribution < -0.4 is 0 Å². The summed E-state index contributed by atoms with van der Waals surface area (Å²) in [5.74, 6) is 0.576. The minimum atomic E-state index is 0.317. The molecule has 2 rings (SSSR count). The quantitative estimate of drug-likeness (QED) is 0.716. The van der Waals surface area contributed by atoms with Gasteiger partial charge < -0.3 is 4.42 Å². The lowest BCUT2D eigenvalue weighted by Gasteiger charge is -1.88.